The lowest BCUT2D eigenvalue weighted by Gasteiger charge is -2.20. The minimum absolute atomic E-state index is 0.260. The molecule has 0 heterocycles. The maximum Gasteiger partial charge on any atom is 0.265 e. The van der Waals surface area contributed by atoms with Crippen LogP contribution in [0.1, 0.15) is 13.3 Å². The second-order valence-electron chi connectivity index (χ2n) is 5.83. The molecule has 6 nitrogen and oxygen atoms in total. The van der Waals surface area contributed by atoms with Crippen LogP contribution in [0.5, 0.6) is 5.75 Å². The third kappa shape index (κ3) is 5.51. The van der Waals surface area contributed by atoms with Gasteiger partial charge in [0.2, 0.25) is 10.0 Å². The van der Waals surface area contributed by atoms with Gasteiger partial charge in [-0.25, -0.2) is 8.42 Å². The second-order valence-corrected chi connectivity index (χ2v) is 8.63. The van der Waals surface area contributed by atoms with Gasteiger partial charge in [0.05, 0.1) is 27.7 Å². The maximum atomic E-state index is 12.5. The fraction of sp³-hybridized carbons (Fsp3) is 0.278. The number of rotatable bonds is 7. The highest BCUT2D eigenvalue weighted by Gasteiger charge is 2.20. The van der Waals surface area contributed by atoms with E-state index in [9.17, 15) is 13.2 Å². The molecule has 0 saturated carbocycles. The number of ether oxygens (including phenoxy) is 1. The first-order valence-corrected chi connectivity index (χ1v) is 10.7. The standard InChI is InChI=1S/C18H20Cl2N2O4S/c1-4-16(18(23)21-15-7-5-6-14(19)17(15)20)26-13-10-8-12(9-11-13)22(2)27(3,24)25/h5-11,16H,4H2,1-3H3,(H,21,23)/t16-/m1/s1. The van der Waals surface area contributed by atoms with Crippen LogP contribution in [0.25, 0.3) is 0 Å². The normalized spacial score (nSPS) is 12.3. The van der Waals surface area contributed by atoms with Crippen molar-refractivity contribution in [3.8, 4) is 5.75 Å². The van der Waals surface area contributed by atoms with Gasteiger partial charge in [-0.2, -0.15) is 0 Å². The van der Waals surface area contributed by atoms with Crippen LogP contribution in [-0.2, 0) is 14.8 Å². The van der Waals surface area contributed by atoms with Crippen molar-refractivity contribution >= 4 is 50.5 Å². The fourth-order valence-corrected chi connectivity index (χ4v) is 3.08. The van der Waals surface area contributed by atoms with E-state index in [1.54, 1.807) is 42.5 Å². The summed E-state index contributed by atoms with van der Waals surface area (Å²) in [5.74, 6) is 0.0823. The Morgan fingerprint density at radius 1 is 1.19 bits per heavy atom. The predicted molar refractivity (Wildman–Crippen MR) is 109 cm³/mol. The zero-order chi connectivity index (χ0) is 20.2. The molecule has 0 fully saturated rings. The van der Waals surface area contributed by atoms with Gasteiger partial charge in [-0.15, -0.1) is 0 Å². The number of amides is 1. The molecule has 9 heteroatoms. The van der Waals surface area contributed by atoms with E-state index in [4.69, 9.17) is 27.9 Å². The molecule has 1 atom stereocenters. The summed E-state index contributed by atoms with van der Waals surface area (Å²) < 4.78 is 30.0. The first kappa shape index (κ1) is 21.3. The number of anilines is 2. The highest BCUT2D eigenvalue weighted by Crippen LogP contribution is 2.30. The van der Waals surface area contributed by atoms with E-state index >= 15 is 0 Å². The van der Waals surface area contributed by atoms with E-state index in [0.29, 0.717) is 28.6 Å². The largest absolute Gasteiger partial charge is 0.481 e. The van der Waals surface area contributed by atoms with Crippen molar-refractivity contribution in [3.05, 3.63) is 52.5 Å². The third-order valence-corrected chi connectivity index (χ3v) is 5.87. The van der Waals surface area contributed by atoms with Gasteiger partial charge in [-0.3, -0.25) is 9.10 Å². The SMILES string of the molecule is CC[C@@H](Oc1ccc(N(C)S(C)(=O)=O)cc1)C(=O)Nc1cccc(Cl)c1Cl. The van der Waals surface area contributed by atoms with E-state index in [-0.39, 0.29) is 10.9 Å². The lowest BCUT2D eigenvalue weighted by Crippen LogP contribution is -2.32. The molecule has 0 aliphatic rings. The van der Waals surface area contributed by atoms with Crippen LogP contribution >= 0.6 is 23.2 Å². The summed E-state index contributed by atoms with van der Waals surface area (Å²) in [5, 5.41) is 3.31. The Labute approximate surface area is 169 Å². The summed E-state index contributed by atoms with van der Waals surface area (Å²) in [5.41, 5.74) is 0.898. The molecule has 27 heavy (non-hydrogen) atoms. The second kappa shape index (κ2) is 8.82. The molecule has 0 aromatic heterocycles. The fourth-order valence-electron chi connectivity index (χ4n) is 2.23. The van der Waals surface area contributed by atoms with Gasteiger partial charge in [0.1, 0.15) is 5.75 Å². The van der Waals surface area contributed by atoms with Crippen LogP contribution in [0, 0.1) is 0 Å². The first-order valence-electron chi connectivity index (χ1n) is 8.09. The number of carbonyl (C=O) groups is 1. The van der Waals surface area contributed by atoms with Crippen molar-refractivity contribution < 1.29 is 17.9 Å². The summed E-state index contributed by atoms with van der Waals surface area (Å²) in [6, 6.07) is 11.4. The predicted octanol–water partition coefficient (Wildman–Crippen LogP) is 4.19. The van der Waals surface area contributed by atoms with Crippen molar-refractivity contribution in [2.24, 2.45) is 0 Å². The van der Waals surface area contributed by atoms with Gasteiger partial charge in [0.25, 0.3) is 5.91 Å². The molecule has 2 aromatic rings. The van der Waals surface area contributed by atoms with Crippen molar-refractivity contribution in [1.82, 2.24) is 0 Å². The van der Waals surface area contributed by atoms with Crippen molar-refractivity contribution in [1.29, 1.82) is 0 Å². The van der Waals surface area contributed by atoms with Crippen LogP contribution in [0.2, 0.25) is 10.0 Å². The Morgan fingerprint density at radius 2 is 1.81 bits per heavy atom. The molecule has 0 aliphatic heterocycles. The van der Waals surface area contributed by atoms with Gasteiger partial charge in [-0.1, -0.05) is 36.2 Å². The van der Waals surface area contributed by atoms with Gasteiger partial charge in [0, 0.05) is 7.05 Å². The number of carbonyl (C=O) groups excluding carboxylic acids is 1. The lowest BCUT2D eigenvalue weighted by atomic mass is 10.2. The Bertz CT molecular complexity index is 917. The number of halogens is 2. The smallest absolute Gasteiger partial charge is 0.265 e. The van der Waals surface area contributed by atoms with Gasteiger partial charge in [0.15, 0.2) is 6.10 Å². The summed E-state index contributed by atoms with van der Waals surface area (Å²) in [4.78, 5) is 12.5. The zero-order valence-electron chi connectivity index (χ0n) is 15.1. The molecule has 146 valence electrons. The van der Waals surface area contributed by atoms with Crippen LogP contribution in [-0.4, -0.2) is 33.7 Å². The maximum absolute atomic E-state index is 12.5. The zero-order valence-corrected chi connectivity index (χ0v) is 17.4. The molecule has 2 aromatic carbocycles. The highest BCUT2D eigenvalue weighted by molar-refractivity contribution is 7.92. The van der Waals surface area contributed by atoms with E-state index < -0.39 is 16.1 Å². The third-order valence-electron chi connectivity index (χ3n) is 3.85. The van der Waals surface area contributed by atoms with Gasteiger partial charge >= 0.3 is 0 Å². The van der Waals surface area contributed by atoms with Crippen LogP contribution in [0.15, 0.2) is 42.5 Å². The minimum atomic E-state index is -3.35. The summed E-state index contributed by atoms with van der Waals surface area (Å²) in [7, 11) is -1.89. The summed E-state index contributed by atoms with van der Waals surface area (Å²) >= 11 is 12.0. The molecule has 0 radical (unpaired) electrons. The van der Waals surface area contributed by atoms with Crippen LogP contribution < -0.4 is 14.4 Å². The van der Waals surface area contributed by atoms with Crippen LogP contribution in [0.3, 0.4) is 0 Å². The molecule has 2 rings (SSSR count). The molecular formula is C18H20Cl2N2O4S. The molecule has 0 bridgehead atoms. The Morgan fingerprint density at radius 3 is 2.37 bits per heavy atom. The quantitative estimate of drug-likeness (QED) is 0.714. The monoisotopic (exact) mass is 430 g/mol. The molecular weight excluding hydrogens is 411 g/mol. The highest BCUT2D eigenvalue weighted by atomic mass is 35.5. The van der Waals surface area contributed by atoms with Gasteiger partial charge < -0.3 is 10.1 Å². The topological polar surface area (TPSA) is 75.7 Å². The number of benzene rings is 2. The number of hydrogen-bond acceptors (Lipinski definition) is 4. The molecule has 0 aliphatic carbocycles. The molecule has 0 unspecified atom stereocenters. The minimum Gasteiger partial charge on any atom is -0.481 e. The van der Waals surface area contributed by atoms with Gasteiger partial charge in [-0.05, 0) is 42.8 Å². The molecule has 0 spiro atoms. The first-order chi connectivity index (χ1) is 12.6. The molecule has 1 N–H and O–H groups in total. The van der Waals surface area contributed by atoms with E-state index in [2.05, 4.69) is 5.32 Å². The number of nitrogens with one attached hydrogen (secondary N) is 1. The lowest BCUT2D eigenvalue weighted by molar-refractivity contribution is -0.122. The Kier molecular flexibility index (Phi) is 6.97. The number of sulfonamides is 1. The Hall–Kier alpha value is -1.96. The number of hydrogen-bond donors (Lipinski definition) is 1. The van der Waals surface area contributed by atoms with Crippen molar-refractivity contribution in [2.45, 2.75) is 19.4 Å². The van der Waals surface area contributed by atoms with Crippen molar-refractivity contribution in [3.63, 3.8) is 0 Å². The van der Waals surface area contributed by atoms with E-state index in [0.717, 1.165) is 10.6 Å². The molecule has 0 saturated heterocycles. The summed E-state index contributed by atoms with van der Waals surface area (Å²) in [6.45, 7) is 1.82. The summed E-state index contributed by atoms with van der Waals surface area (Å²) in [6.07, 6.45) is 0.795. The van der Waals surface area contributed by atoms with Crippen molar-refractivity contribution in [2.75, 3.05) is 22.9 Å². The van der Waals surface area contributed by atoms with Crippen LogP contribution in [0.4, 0.5) is 11.4 Å². The Balaban J connectivity index is 2.10. The van der Waals surface area contributed by atoms with E-state index in [1.807, 2.05) is 6.92 Å². The van der Waals surface area contributed by atoms with E-state index in [1.165, 1.54) is 7.05 Å². The number of nitrogens with zero attached hydrogens (tertiary/aromatic N) is 1. The average Bonchev–Trinajstić information content (AvgIpc) is 2.62. The molecule has 1 amide bonds. The average molecular weight is 431 g/mol.